The molecule has 0 unspecified atom stereocenters. The zero-order valence-corrected chi connectivity index (χ0v) is 15.8. The number of hydrogen-bond acceptors (Lipinski definition) is 7. The van der Waals surface area contributed by atoms with E-state index < -0.39 is 28.7 Å². The fourth-order valence-corrected chi connectivity index (χ4v) is 2.33. The molecule has 10 heteroatoms. The smallest absolute Gasteiger partial charge is 0.339 e. The van der Waals surface area contributed by atoms with Crippen LogP contribution in [0.15, 0.2) is 42.5 Å². The van der Waals surface area contributed by atoms with Crippen molar-refractivity contribution in [2.75, 3.05) is 30.9 Å². The number of rotatable bonds is 9. The summed E-state index contributed by atoms with van der Waals surface area (Å²) in [5, 5.41) is 16.4. The van der Waals surface area contributed by atoms with E-state index in [1.807, 2.05) is 0 Å². The summed E-state index contributed by atoms with van der Waals surface area (Å²) in [7, 11) is 1.50. The summed E-state index contributed by atoms with van der Waals surface area (Å²) in [6.07, 6.45) is -1.25. The minimum Gasteiger partial charge on any atom is -0.449 e. The molecule has 2 aromatic carbocycles. The Morgan fingerprint density at radius 1 is 1.21 bits per heavy atom. The zero-order chi connectivity index (χ0) is 21.4. The van der Waals surface area contributed by atoms with Crippen LogP contribution in [-0.2, 0) is 14.3 Å². The zero-order valence-electron chi connectivity index (χ0n) is 15.8. The second-order valence-corrected chi connectivity index (χ2v) is 5.93. The lowest BCUT2D eigenvalue weighted by Gasteiger charge is -2.14. The van der Waals surface area contributed by atoms with Gasteiger partial charge in [0.05, 0.1) is 22.8 Å². The summed E-state index contributed by atoms with van der Waals surface area (Å²) in [5.74, 6) is -2.30. The van der Waals surface area contributed by atoms with Crippen molar-refractivity contribution >= 4 is 28.9 Å². The molecule has 0 aromatic heterocycles. The van der Waals surface area contributed by atoms with Gasteiger partial charge in [-0.2, -0.15) is 0 Å². The Hall–Kier alpha value is -3.53. The van der Waals surface area contributed by atoms with Crippen LogP contribution < -0.4 is 10.6 Å². The Balaban J connectivity index is 2.07. The third-order valence-corrected chi connectivity index (χ3v) is 3.84. The van der Waals surface area contributed by atoms with Crippen LogP contribution in [0.2, 0.25) is 0 Å². The second-order valence-electron chi connectivity index (χ2n) is 5.93. The Morgan fingerprint density at radius 3 is 2.59 bits per heavy atom. The largest absolute Gasteiger partial charge is 0.449 e. The summed E-state index contributed by atoms with van der Waals surface area (Å²) in [6.45, 7) is 1.99. The Morgan fingerprint density at radius 2 is 1.93 bits per heavy atom. The molecule has 2 aromatic rings. The Kier molecular flexibility index (Phi) is 7.61. The van der Waals surface area contributed by atoms with Gasteiger partial charge in [0.1, 0.15) is 11.5 Å². The maximum Gasteiger partial charge on any atom is 0.339 e. The fourth-order valence-electron chi connectivity index (χ4n) is 2.33. The molecule has 0 bridgehead atoms. The average Bonchev–Trinajstić information content (AvgIpc) is 2.69. The molecule has 0 heterocycles. The number of esters is 1. The van der Waals surface area contributed by atoms with Crippen molar-refractivity contribution in [3.8, 4) is 0 Å². The lowest BCUT2D eigenvalue weighted by molar-refractivity contribution is -0.384. The van der Waals surface area contributed by atoms with Gasteiger partial charge in [0.15, 0.2) is 6.10 Å². The minimum atomic E-state index is -1.25. The number of anilines is 2. The van der Waals surface area contributed by atoms with E-state index in [4.69, 9.17) is 9.47 Å². The van der Waals surface area contributed by atoms with Crippen LogP contribution in [-0.4, -0.2) is 43.2 Å². The third kappa shape index (κ3) is 5.98. The molecule has 0 spiro atoms. The molecule has 0 aliphatic heterocycles. The highest BCUT2D eigenvalue weighted by Crippen LogP contribution is 2.26. The molecule has 0 aliphatic rings. The number of hydrogen-bond donors (Lipinski definition) is 2. The first kappa shape index (κ1) is 21.8. The van der Waals surface area contributed by atoms with Crippen LogP contribution in [0.1, 0.15) is 17.3 Å². The molecule has 2 rings (SSSR count). The van der Waals surface area contributed by atoms with Crippen LogP contribution in [0, 0.1) is 15.9 Å². The molecule has 0 saturated heterocycles. The number of amides is 1. The number of ether oxygens (including phenoxy) is 2. The molecule has 0 radical (unpaired) electrons. The number of carbonyl (C=O) groups is 2. The molecule has 1 atom stereocenters. The number of halogens is 1. The Bertz CT molecular complexity index is 905. The first-order valence-electron chi connectivity index (χ1n) is 8.61. The van der Waals surface area contributed by atoms with Crippen molar-refractivity contribution in [3.63, 3.8) is 0 Å². The predicted molar refractivity (Wildman–Crippen MR) is 103 cm³/mol. The topological polar surface area (TPSA) is 120 Å². The van der Waals surface area contributed by atoms with Gasteiger partial charge in [-0.25, -0.2) is 9.18 Å². The molecule has 29 heavy (non-hydrogen) atoms. The highest BCUT2D eigenvalue weighted by Gasteiger charge is 2.23. The normalized spacial score (nSPS) is 11.4. The van der Waals surface area contributed by atoms with Gasteiger partial charge >= 0.3 is 5.97 Å². The predicted octanol–water partition coefficient (Wildman–Crippen LogP) is 2.98. The molecular weight excluding hydrogens is 385 g/mol. The highest BCUT2D eigenvalue weighted by molar-refractivity contribution is 5.97. The summed E-state index contributed by atoms with van der Waals surface area (Å²) in [4.78, 5) is 35.0. The molecule has 2 N–H and O–H groups in total. The standard InChI is InChI=1S/C19H20FN3O6/c1-12(18(24)22-15-6-4-3-5-14(15)20)29-19(25)13-7-8-16(21-9-10-28-2)17(11-13)23(26)27/h3-8,11-12,21H,9-10H2,1-2H3,(H,22,24)/t12-/m0/s1. The first-order chi connectivity index (χ1) is 13.8. The van der Waals surface area contributed by atoms with E-state index in [1.54, 1.807) is 0 Å². The molecule has 1 amide bonds. The van der Waals surface area contributed by atoms with Gasteiger partial charge in [-0.1, -0.05) is 12.1 Å². The molecule has 0 saturated carbocycles. The van der Waals surface area contributed by atoms with Gasteiger partial charge < -0.3 is 20.1 Å². The van der Waals surface area contributed by atoms with Gasteiger partial charge in [-0.05, 0) is 31.2 Å². The van der Waals surface area contributed by atoms with Crippen molar-refractivity contribution in [1.29, 1.82) is 0 Å². The summed E-state index contributed by atoms with van der Waals surface area (Å²) < 4.78 is 23.5. The quantitative estimate of drug-likeness (QED) is 0.285. The maximum atomic E-state index is 13.6. The van der Waals surface area contributed by atoms with Gasteiger partial charge in [0, 0.05) is 19.7 Å². The Labute approximate surface area is 166 Å². The van der Waals surface area contributed by atoms with E-state index in [9.17, 15) is 24.1 Å². The van der Waals surface area contributed by atoms with E-state index in [1.165, 1.54) is 50.4 Å². The van der Waals surface area contributed by atoms with Crippen molar-refractivity contribution in [1.82, 2.24) is 0 Å². The molecule has 0 fully saturated rings. The number of nitrogens with zero attached hydrogens (tertiary/aromatic N) is 1. The average molecular weight is 405 g/mol. The van der Waals surface area contributed by atoms with E-state index in [2.05, 4.69) is 10.6 Å². The van der Waals surface area contributed by atoms with Gasteiger partial charge in [0.2, 0.25) is 0 Å². The number of nitro benzene ring substituents is 1. The number of nitrogens with one attached hydrogen (secondary N) is 2. The van der Waals surface area contributed by atoms with E-state index in [0.29, 0.717) is 13.2 Å². The molecule has 0 aliphatic carbocycles. The number of carbonyl (C=O) groups excluding carboxylic acids is 2. The summed E-state index contributed by atoms with van der Waals surface area (Å²) in [6, 6.07) is 9.30. The number of nitro groups is 1. The maximum absolute atomic E-state index is 13.6. The SMILES string of the molecule is COCCNc1ccc(C(=O)O[C@@H](C)C(=O)Nc2ccccc2F)cc1[N+](=O)[O-]. The van der Waals surface area contributed by atoms with E-state index >= 15 is 0 Å². The van der Waals surface area contributed by atoms with E-state index in [-0.39, 0.29) is 22.6 Å². The van der Waals surface area contributed by atoms with Crippen LogP contribution in [0.3, 0.4) is 0 Å². The highest BCUT2D eigenvalue weighted by atomic mass is 19.1. The number of para-hydroxylation sites is 1. The minimum absolute atomic E-state index is 0.0532. The molecular formula is C19H20FN3O6. The number of methoxy groups -OCH3 is 1. The summed E-state index contributed by atoms with van der Waals surface area (Å²) >= 11 is 0. The summed E-state index contributed by atoms with van der Waals surface area (Å²) in [5.41, 5.74) is -0.255. The molecule has 154 valence electrons. The monoisotopic (exact) mass is 405 g/mol. The molecule has 9 nitrogen and oxygen atoms in total. The lowest BCUT2D eigenvalue weighted by atomic mass is 10.1. The lowest BCUT2D eigenvalue weighted by Crippen LogP contribution is -2.30. The number of benzene rings is 2. The van der Waals surface area contributed by atoms with Gasteiger partial charge in [0.25, 0.3) is 11.6 Å². The van der Waals surface area contributed by atoms with Gasteiger partial charge in [-0.3, -0.25) is 14.9 Å². The second kappa shape index (κ2) is 10.1. The van der Waals surface area contributed by atoms with E-state index in [0.717, 1.165) is 6.07 Å². The van der Waals surface area contributed by atoms with Crippen LogP contribution in [0.5, 0.6) is 0 Å². The van der Waals surface area contributed by atoms with Crippen molar-refractivity contribution in [2.24, 2.45) is 0 Å². The third-order valence-electron chi connectivity index (χ3n) is 3.84. The first-order valence-corrected chi connectivity index (χ1v) is 8.61. The van der Waals surface area contributed by atoms with Crippen LogP contribution in [0.4, 0.5) is 21.5 Å². The van der Waals surface area contributed by atoms with Crippen molar-refractivity contribution in [3.05, 3.63) is 64.0 Å². The van der Waals surface area contributed by atoms with Crippen LogP contribution >= 0.6 is 0 Å². The van der Waals surface area contributed by atoms with Gasteiger partial charge in [-0.15, -0.1) is 0 Å². The fraction of sp³-hybridized carbons (Fsp3) is 0.263. The van der Waals surface area contributed by atoms with Crippen LogP contribution in [0.25, 0.3) is 0 Å². The van der Waals surface area contributed by atoms with Crippen molar-refractivity contribution in [2.45, 2.75) is 13.0 Å². The van der Waals surface area contributed by atoms with Crippen molar-refractivity contribution < 1.29 is 28.4 Å².